The highest BCUT2D eigenvalue weighted by Gasteiger charge is 2.54. The highest BCUT2D eigenvalue weighted by molar-refractivity contribution is 5.95. The zero-order chi connectivity index (χ0) is 64.3. The molecule has 0 radical (unpaired) electrons. The number of halogens is 2. The van der Waals surface area contributed by atoms with Gasteiger partial charge in [-0.1, -0.05) is 26.8 Å². The number of carbonyl (C=O) groups excluding carboxylic acids is 4. The van der Waals surface area contributed by atoms with Gasteiger partial charge < -0.3 is 74.1 Å². The maximum absolute atomic E-state index is 15.0. The number of cyclic esters (lactones) is 1. The molecule has 484 valence electrons. The van der Waals surface area contributed by atoms with Crippen LogP contribution in [-0.2, 0) is 49.2 Å². The number of nitrogens with zero attached hydrogens (tertiary/aromatic N) is 4. The van der Waals surface area contributed by atoms with Crippen LogP contribution < -0.4 is 16.0 Å². The number of esters is 1. The predicted molar refractivity (Wildman–Crippen MR) is 305 cm³/mol. The summed E-state index contributed by atoms with van der Waals surface area (Å²) in [5, 5.41) is 67.8. The van der Waals surface area contributed by atoms with E-state index in [0.29, 0.717) is 19.3 Å². The second-order valence-corrected chi connectivity index (χ2v) is 24.2. The molecular weight excluding hydrogens is 1140 g/mol. The zero-order valence-corrected chi connectivity index (χ0v) is 51.6. The highest BCUT2D eigenvalue weighted by Crippen LogP contribution is 2.41. The number of hydrogen-bond donors (Lipinski definition) is 6. The van der Waals surface area contributed by atoms with Crippen LogP contribution in [0.15, 0.2) is 36.4 Å². The molecule has 0 spiro atoms. The van der Waals surface area contributed by atoms with Gasteiger partial charge in [0.15, 0.2) is 36.4 Å². The number of likely N-dealkylation sites (N-methyl/N-ethyl adjacent to an activating group) is 2. The van der Waals surface area contributed by atoms with E-state index in [9.17, 15) is 63.5 Å². The van der Waals surface area contributed by atoms with Gasteiger partial charge in [-0.05, 0) is 125 Å². The van der Waals surface area contributed by atoms with Crippen molar-refractivity contribution >= 4 is 35.4 Å². The molecule has 6 N–H and O–H groups in total. The van der Waals surface area contributed by atoms with Gasteiger partial charge in [0, 0.05) is 69.8 Å². The summed E-state index contributed by atoms with van der Waals surface area (Å²) in [6, 6.07) is 4.55. The molecule has 0 saturated carbocycles. The van der Waals surface area contributed by atoms with Gasteiger partial charge in [-0.2, -0.15) is 0 Å². The number of nitrogens with one attached hydrogen (secondary N) is 3. The molecule has 2 aromatic carbocycles. The number of methoxy groups -OCH3 is 1. The van der Waals surface area contributed by atoms with Crippen molar-refractivity contribution in [3.8, 4) is 0 Å². The minimum absolute atomic E-state index is 0.0156. The lowest BCUT2D eigenvalue weighted by Crippen LogP contribution is -2.61. The van der Waals surface area contributed by atoms with Crippen molar-refractivity contribution in [2.75, 3.05) is 47.9 Å². The molecule has 3 saturated heterocycles. The van der Waals surface area contributed by atoms with Gasteiger partial charge in [0.25, 0.3) is 17.3 Å². The lowest BCUT2D eigenvalue weighted by Gasteiger charge is -2.49. The van der Waals surface area contributed by atoms with E-state index >= 15 is 0 Å². The summed E-state index contributed by atoms with van der Waals surface area (Å²) < 4.78 is 78.6. The number of hydrogen-bond acceptors (Lipinski definition) is 21. The molecule has 2 aromatic rings. The van der Waals surface area contributed by atoms with Crippen LogP contribution in [0.2, 0.25) is 0 Å². The first kappa shape index (κ1) is 70.9. The lowest BCUT2D eigenvalue weighted by atomic mass is 9.77. The molecule has 0 aliphatic carbocycles. The first-order valence-corrected chi connectivity index (χ1v) is 29.1. The number of nitro groups is 2. The number of non-ortho nitro benzene ring substituents is 2. The molecule has 3 aliphatic heterocycles. The number of alkyl carbamates (subject to hydrolysis) is 2. The third-order valence-electron chi connectivity index (χ3n) is 16.8. The molecular formula is C58H89F2N7O19. The van der Waals surface area contributed by atoms with E-state index in [-0.39, 0.29) is 68.6 Å². The van der Waals surface area contributed by atoms with Gasteiger partial charge in [-0.3, -0.25) is 34.7 Å². The highest BCUT2D eigenvalue weighted by atomic mass is 19.2. The summed E-state index contributed by atoms with van der Waals surface area (Å²) in [6.45, 7) is 16.8. The molecule has 18 atom stereocenters. The summed E-state index contributed by atoms with van der Waals surface area (Å²) in [4.78, 5) is 79.3. The number of carbonyl (C=O) groups is 4. The van der Waals surface area contributed by atoms with Crippen LogP contribution in [0, 0.1) is 49.6 Å². The average molecular weight is 1230 g/mol. The number of unbranched alkanes of at least 4 members (excludes halogenated alkanes) is 1. The molecule has 3 amide bonds. The van der Waals surface area contributed by atoms with Crippen molar-refractivity contribution in [2.24, 2.45) is 17.8 Å². The SMILES string of the molecule is CC[C@@H]1OC(=O)[C@H](C)[C@H](O[C@H]2C[C@@](C)(OC)[C@@H](OC(=O)NCCCCNC(=O)c3cc([N+](=O)[O-])cc([N+](=O)[O-])c3)[C@H](C)O2)[C@@H](C)[C@@H](O[C@@H]2O[C@H](C)C[C@H](N(C)C)[C@H]2O)[C@](C)(O)C[C@@H](C)CN(C)[C@@H](C)[C@H](OC(=O)NCc2ccc(F)c(F)c2)[C@]1(C)O. The van der Waals surface area contributed by atoms with Crippen molar-refractivity contribution in [3.05, 3.63) is 79.4 Å². The monoisotopic (exact) mass is 1230 g/mol. The normalized spacial score (nSPS) is 34.2. The van der Waals surface area contributed by atoms with Gasteiger partial charge >= 0.3 is 18.2 Å². The number of amides is 3. The fraction of sp³-hybridized carbons (Fsp3) is 0.724. The Morgan fingerprint density at radius 1 is 0.837 bits per heavy atom. The van der Waals surface area contributed by atoms with E-state index in [1.165, 1.54) is 20.1 Å². The number of aliphatic hydroxyl groups is 3. The molecule has 0 bridgehead atoms. The summed E-state index contributed by atoms with van der Waals surface area (Å²) in [7, 11) is 6.81. The first-order chi connectivity index (χ1) is 40.1. The molecule has 5 rings (SSSR count). The van der Waals surface area contributed by atoms with Gasteiger partial charge in [-0.25, -0.2) is 18.4 Å². The summed E-state index contributed by atoms with van der Waals surface area (Å²) in [6.07, 6.45) is -12.1. The minimum atomic E-state index is -2.10. The van der Waals surface area contributed by atoms with Crippen molar-refractivity contribution in [1.29, 1.82) is 0 Å². The number of rotatable bonds is 19. The van der Waals surface area contributed by atoms with E-state index < -0.39 is 153 Å². The first-order valence-electron chi connectivity index (χ1n) is 29.1. The largest absolute Gasteiger partial charge is 0.459 e. The number of ether oxygens (including phenoxy) is 8. The van der Waals surface area contributed by atoms with E-state index in [2.05, 4.69) is 16.0 Å². The van der Waals surface area contributed by atoms with Gasteiger partial charge in [0.05, 0.1) is 57.4 Å². The number of benzene rings is 2. The van der Waals surface area contributed by atoms with E-state index in [1.807, 2.05) is 37.7 Å². The van der Waals surface area contributed by atoms with Crippen LogP contribution in [0.3, 0.4) is 0 Å². The smallest absolute Gasteiger partial charge is 0.407 e. The standard InChI is InChI=1S/C58H89F2N7O19/c1-15-44-58(10,74)49(85-55(72)63-29-37-18-19-41(59)42(60)23-37)35(6)65(13)30-31(2)27-56(8,73)48(84-53-46(68)43(64(11)12)22-32(3)80-53)33(4)47(34(5)52(70)82-44)83-45-28-57(9,79-14)50(36(7)81-45)86-54(71)62-21-17-16-20-61-51(69)38-24-39(66(75)76)26-40(25-38)67(77)78/h18-19,23-26,31-36,43-50,53,68,73-74H,15-17,20-22,27-30H2,1-14H3,(H,61,69)(H,62,71)(H,63,72)/t31-,32-,33-,34-,35+,36+,43+,44+,45+,46-,47-,48-,49+,50+,53+,56-,57-,58-/m1/s1. The Balaban J connectivity index is 1.40. The maximum Gasteiger partial charge on any atom is 0.407 e. The minimum Gasteiger partial charge on any atom is -0.459 e. The number of aliphatic hydroxyl groups excluding tert-OH is 1. The van der Waals surface area contributed by atoms with E-state index in [1.54, 1.807) is 55.5 Å². The van der Waals surface area contributed by atoms with E-state index in [0.717, 1.165) is 30.3 Å². The van der Waals surface area contributed by atoms with Crippen LogP contribution >= 0.6 is 0 Å². The fourth-order valence-corrected chi connectivity index (χ4v) is 12.0. The molecule has 28 heteroatoms. The van der Waals surface area contributed by atoms with Gasteiger partial charge in [-0.15, -0.1) is 0 Å². The fourth-order valence-electron chi connectivity index (χ4n) is 12.0. The van der Waals surface area contributed by atoms with Crippen molar-refractivity contribution in [3.63, 3.8) is 0 Å². The topological polar surface area (TPSA) is 332 Å². The average Bonchev–Trinajstić information content (AvgIpc) is 1.26. The Labute approximate surface area is 500 Å². The Hall–Kier alpha value is -5.82. The molecule has 26 nitrogen and oxygen atoms in total. The molecule has 3 fully saturated rings. The van der Waals surface area contributed by atoms with E-state index in [4.69, 9.17) is 37.9 Å². The zero-order valence-electron chi connectivity index (χ0n) is 51.6. The van der Waals surface area contributed by atoms with Crippen LogP contribution in [0.25, 0.3) is 0 Å². The Morgan fingerprint density at radius 3 is 2.02 bits per heavy atom. The van der Waals surface area contributed by atoms with Crippen LogP contribution in [0.5, 0.6) is 0 Å². The Morgan fingerprint density at radius 2 is 1.44 bits per heavy atom. The van der Waals surface area contributed by atoms with Crippen molar-refractivity contribution < 1.29 is 91.0 Å². The molecule has 3 heterocycles. The lowest BCUT2D eigenvalue weighted by molar-refractivity contribution is -0.394. The van der Waals surface area contributed by atoms with Gasteiger partial charge in [0.1, 0.15) is 23.4 Å². The molecule has 0 unspecified atom stereocenters. The van der Waals surface area contributed by atoms with Crippen molar-refractivity contribution in [1.82, 2.24) is 25.8 Å². The maximum atomic E-state index is 15.0. The third-order valence-corrected chi connectivity index (χ3v) is 16.8. The van der Waals surface area contributed by atoms with Crippen LogP contribution in [0.4, 0.5) is 29.7 Å². The van der Waals surface area contributed by atoms with Crippen molar-refractivity contribution in [2.45, 2.75) is 205 Å². The summed E-state index contributed by atoms with van der Waals surface area (Å²) in [5.41, 5.74) is -6.45. The third kappa shape index (κ3) is 18.2. The second kappa shape index (κ2) is 30.4. The van der Waals surface area contributed by atoms with Crippen LogP contribution in [-0.4, -0.2) is 197 Å². The number of nitro benzene ring substituents is 2. The predicted octanol–water partition coefficient (Wildman–Crippen LogP) is 5.87. The van der Waals surface area contributed by atoms with Crippen LogP contribution in [0.1, 0.15) is 124 Å². The molecule has 86 heavy (non-hydrogen) atoms. The summed E-state index contributed by atoms with van der Waals surface area (Å²) in [5.74, 6) is -6.42. The Bertz CT molecular complexity index is 2630. The molecule has 0 aromatic heterocycles. The quantitative estimate of drug-likeness (QED) is 0.0315. The van der Waals surface area contributed by atoms with Gasteiger partial charge in [0.2, 0.25) is 0 Å². The second-order valence-electron chi connectivity index (χ2n) is 24.2. The summed E-state index contributed by atoms with van der Waals surface area (Å²) >= 11 is 0. The Kier molecular flexibility index (Phi) is 25.1. The molecule has 3 aliphatic rings.